The summed E-state index contributed by atoms with van der Waals surface area (Å²) in [5, 5.41) is 53.2. The third kappa shape index (κ3) is 10.4. The zero-order chi connectivity index (χ0) is 23.9. The van der Waals surface area contributed by atoms with E-state index < -0.39 is 84.6 Å². The molecule has 16 nitrogen and oxygen atoms in total. The van der Waals surface area contributed by atoms with Crippen molar-refractivity contribution in [3.8, 4) is 0 Å². The monoisotopic (exact) mass is 486 g/mol. The van der Waals surface area contributed by atoms with Gasteiger partial charge in [-0.05, 0) is 0 Å². The van der Waals surface area contributed by atoms with E-state index in [4.69, 9.17) is 30.6 Å². The number of rotatable bonds is 12. The van der Waals surface area contributed by atoms with Crippen LogP contribution in [0.4, 0.5) is 0 Å². The van der Waals surface area contributed by atoms with Crippen molar-refractivity contribution in [2.45, 2.75) is 36.9 Å². The predicted molar refractivity (Wildman–Crippen MR) is 96.2 cm³/mol. The van der Waals surface area contributed by atoms with E-state index in [1.165, 1.54) is 0 Å². The Labute approximate surface area is 221 Å². The number of carboxylic acids is 6. The van der Waals surface area contributed by atoms with Crippen LogP contribution in [0.3, 0.4) is 0 Å². The first-order valence-corrected chi connectivity index (χ1v) is 7.37. The van der Waals surface area contributed by atoms with Crippen LogP contribution in [0.15, 0.2) is 0 Å². The van der Waals surface area contributed by atoms with Crippen molar-refractivity contribution in [3.63, 3.8) is 0 Å². The molecule has 0 aliphatic carbocycles. The first-order valence-electron chi connectivity index (χ1n) is 7.37. The molecule has 0 saturated heterocycles. The van der Waals surface area contributed by atoms with Gasteiger partial charge < -0.3 is 40.1 Å². The topological polar surface area (TPSA) is 276 Å². The second-order valence-corrected chi connectivity index (χ2v) is 5.66. The normalized spacial score (nSPS) is 10.4. The van der Waals surface area contributed by atoms with Gasteiger partial charge in [0.05, 0.1) is 25.7 Å². The maximum atomic E-state index is 11.9. The minimum atomic E-state index is -3.32. The SMILES string of the molecule is O=C(O)CC(CC(=O)O)(OC(=O)C(=O)OC(CC(=O)O)(CC(=O)O)C(=O)O)C(=O)O.[NaH].[NaH]. The number of hydrogen-bond donors (Lipinski definition) is 6. The second-order valence-electron chi connectivity index (χ2n) is 5.66. The number of carbonyl (C=O) groups excluding carboxylic acids is 2. The summed E-state index contributed by atoms with van der Waals surface area (Å²) < 4.78 is 8.31. The van der Waals surface area contributed by atoms with Crippen LogP contribution in [-0.2, 0) is 47.8 Å². The minimum absolute atomic E-state index is 0. The Balaban J connectivity index is -0.00000420. The number of esters is 2. The molecule has 0 spiro atoms. The van der Waals surface area contributed by atoms with E-state index in [1.54, 1.807) is 0 Å². The third-order valence-electron chi connectivity index (χ3n) is 3.27. The predicted octanol–water partition coefficient (Wildman–Crippen LogP) is -3.68. The van der Waals surface area contributed by atoms with Crippen LogP contribution in [0.5, 0.6) is 0 Å². The molecule has 0 bridgehead atoms. The molecule has 0 unspecified atom stereocenters. The molecular formula is C14H16Na2O16. The molecule has 32 heavy (non-hydrogen) atoms. The van der Waals surface area contributed by atoms with E-state index in [2.05, 4.69) is 9.47 Å². The molecule has 0 saturated carbocycles. The standard InChI is InChI=1S/C14H14O16.2Na.2H/c15-5(16)1-13(11(25)26,2-6(17)18)29-9(23)10(24)30-14(12(27)28,3-7(19)20)4-8(21)22;;;;/h1-4H2,(H,15,16)(H,17,18)(H,19,20)(H,21,22)(H,25,26)(H,27,28);;;;. The first-order chi connectivity index (χ1) is 13.6. The van der Waals surface area contributed by atoms with Gasteiger partial charge in [-0.25, -0.2) is 19.2 Å². The van der Waals surface area contributed by atoms with Gasteiger partial charge in [-0.15, -0.1) is 0 Å². The fourth-order valence-electron chi connectivity index (χ4n) is 2.07. The number of aliphatic carboxylic acids is 6. The molecule has 0 atom stereocenters. The van der Waals surface area contributed by atoms with Gasteiger partial charge in [-0.1, -0.05) is 0 Å². The molecule has 0 fully saturated rings. The molecular weight excluding hydrogens is 470 g/mol. The molecule has 170 valence electrons. The van der Waals surface area contributed by atoms with Crippen molar-refractivity contribution in [2.24, 2.45) is 0 Å². The van der Waals surface area contributed by atoms with Gasteiger partial charge in [0.15, 0.2) is 0 Å². The van der Waals surface area contributed by atoms with Crippen molar-refractivity contribution in [1.29, 1.82) is 0 Å². The van der Waals surface area contributed by atoms with Crippen LogP contribution in [0, 0.1) is 0 Å². The molecule has 18 heteroatoms. The van der Waals surface area contributed by atoms with Gasteiger partial charge in [0.1, 0.15) is 0 Å². The van der Waals surface area contributed by atoms with E-state index in [1.807, 2.05) is 0 Å². The number of ether oxygens (including phenoxy) is 2. The zero-order valence-electron chi connectivity index (χ0n) is 14.6. The molecule has 0 heterocycles. The molecule has 0 aromatic heterocycles. The first kappa shape index (κ1) is 34.4. The van der Waals surface area contributed by atoms with E-state index in [-0.39, 0.29) is 59.1 Å². The van der Waals surface area contributed by atoms with Crippen molar-refractivity contribution in [3.05, 3.63) is 0 Å². The van der Waals surface area contributed by atoms with Gasteiger partial charge in [0, 0.05) is 0 Å². The second kappa shape index (κ2) is 14.0. The van der Waals surface area contributed by atoms with E-state index in [0.717, 1.165) is 0 Å². The summed E-state index contributed by atoms with van der Waals surface area (Å²) >= 11 is 0. The maximum absolute atomic E-state index is 11.9. The van der Waals surface area contributed by atoms with E-state index in [0.29, 0.717) is 0 Å². The molecule has 0 aliphatic heterocycles. The Kier molecular flexibility index (Phi) is 15.1. The molecule has 0 radical (unpaired) electrons. The van der Waals surface area contributed by atoms with Gasteiger partial charge >= 0.3 is 107 Å². The molecule has 0 aromatic rings. The summed E-state index contributed by atoms with van der Waals surface area (Å²) in [5.74, 6) is -17.2. The molecule has 0 aliphatic rings. The van der Waals surface area contributed by atoms with E-state index in [9.17, 15) is 38.4 Å². The fourth-order valence-corrected chi connectivity index (χ4v) is 2.07. The zero-order valence-corrected chi connectivity index (χ0v) is 14.6. The summed E-state index contributed by atoms with van der Waals surface area (Å²) in [4.78, 5) is 89.8. The summed E-state index contributed by atoms with van der Waals surface area (Å²) in [5.41, 5.74) is -6.64. The molecule has 0 aromatic carbocycles. The van der Waals surface area contributed by atoms with Gasteiger partial charge in [-0.3, -0.25) is 19.2 Å². The summed E-state index contributed by atoms with van der Waals surface area (Å²) in [6.45, 7) is 0. The van der Waals surface area contributed by atoms with Crippen LogP contribution >= 0.6 is 0 Å². The summed E-state index contributed by atoms with van der Waals surface area (Å²) in [7, 11) is 0. The third-order valence-corrected chi connectivity index (χ3v) is 3.27. The Hall–Kier alpha value is -2.24. The average molecular weight is 486 g/mol. The Morgan fingerprint density at radius 3 is 0.781 bits per heavy atom. The quantitative estimate of drug-likeness (QED) is 0.0880. The van der Waals surface area contributed by atoms with Gasteiger partial charge in [0.2, 0.25) is 11.2 Å². The number of carbonyl (C=O) groups is 8. The Morgan fingerprint density at radius 2 is 0.656 bits per heavy atom. The fraction of sp³-hybridized carbons (Fsp3) is 0.429. The van der Waals surface area contributed by atoms with Crippen LogP contribution in [0.2, 0.25) is 0 Å². The van der Waals surface area contributed by atoms with E-state index >= 15 is 0 Å². The van der Waals surface area contributed by atoms with Crippen molar-refractivity contribution in [2.75, 3.05) is 0 Å². The van der Waals surface area contributed by atoms with Crippen LogP contribution < -0.4 is 0 Å². The molecule has 0 rings (SSSR count). The molecule has 0 amide bonds. The number of hydrogen-bond acceptors (Lipinski definition) is 10. The van der Waals surface area contributed by atoms with Crippen LogP contribution in [-0.4, -0.2) is 149 Å². The van der Waals surface area contributed by atoms with Crippen molar-refractivity contribution in [1.82, 2.24) is 0 Å². The van der Waals surface area contributed by atoms with Crippen molar-refractivity contribution < 1.29 is 78.5 Å². The molecule has 6 N–H and O–H groups in total. The Morgan fingerprint density at radius 1 is 0.469 bits per heavy atom. The van der Waals surface area contributed by atoms with Crippen LogP contribution in [0.1, 0.15) is 25.7 Å². The number of carboxylic acid groups (broad SMARTS) is 6. The van der Waals surface area contributed by atoms with Crippen molar-refractivity contribution >= 4 is 107 Å². The summed E-state index contributed by atoms with van der Waals surface area (Å²) in [6.07, 6.45) is -6.55. The van der Waals surface area contributed by atoms with Crippen LogP contribution in [0.25, 0.3) is 0 Å². The summed E-state index contributed by atoms with van der Waals surface area (Å²) in [6, 6.07) is 0. The average Bonchev–Trinajstić information content (AvgIpc) is 2.51. The van der Waals surface area contributed by atoms with Gasteiger partial charge in [0.25, 0.3) is 0 Å². The van der Waals surface area contributed by atoms with Gasteiger partial charge in [-0.2, -0.15) is 0 Å². The Bertz CT molecular complexity index is 705.